The number of aromatic nitrogens is 2. The van der Waals surface area contributed by atoms with Crippen molar-refractivity contribution in [2.45, 2.75) is 19.0 Å². The van der Waals surface area contributed by atoms with Crippen LogP contribution in [0.15, 0.2) is 54.9 Å². The minimum absolute atomic E-state index is 0.391. The van der Waals surface area contributed by atoms with Gasteiger partial charge in [-0.3, -0.25) is 0 Å². The molecule has 1 N–H and O–H groups in total. The molecule has 0 amide bonds. The van der Waals surface area contributed by atoms with Crippen LogP contribution in [0.4, 0.5) is 0 Å². The smallest absolute Gasteiger partial charge is 0.0958 e. The molecule has 1 aromatic heterocycles. The Kier molecular flexibility index (Phi) is 4.55. The minimum Gasteiger partial charge on any atom is -0.329 e. The molecular formula is C17H18IN3. The SMILES string of the molecule is CNC(Cc1ccc(I)cc1)Cn1cnc2ccccc21. The summed E-state index contributed by atoms with van der Waals surface area (Å²) in [5.74, 6) is 0. The van der Waals surface area contributed by atoms with Crippen LogP contribution >= 0.6 is 22.6 Å². The van der Waals surface area contributed by atoms with Gasteiger partial charge in [0, 0.05) is 16.2 Å². The first kappa shape index (κ1) is 14.5. The zero-order chi connectivity index (χ0) is 14.7. The number of hydrogen-bond donors (Lipinski definition) is 1. The van der Waals surface area contributed by atoms with Crippen molar-refractivity contribution in [1.29, 1.82) is 0 Å². The molecule has 21 heavy (non-hydrogen) atoms. The monoisotopic (exact) mass is 391 g/mol. The Labute approximate surface area is 138 Å². The van der Waals surface area contributed by atoms with Gasteiger partial charge in [0.2, 0.25) is 0 Å². The maximum absolute atomic E-state index is 4.46. The second kappa shape index (κ2) is 6.58. The van der Waals surface area contributed by atoms with Crippen LogP contribution in [0.1, 0.15) is 5.56 Å². The lowest BCUT2D eigenvalue weighted by molar-refractivity contribution is 0.485. The van der Waals surface area contributed by atoms with Gasteiger partial charge in [0.15, 0.2) is 0 Å². The molecule has 3 nitrogen and oxygen atoms in total. The van der Waals surface area contributed by atoms with E-state index in [1.807, 2.05) is 19.4 Å². The van der Waals surface area contributed by atoms with E-state index in [4.69, 9.17) is 0 Å². The largest absolute Gasteiger partial charge is 0.329 e. The molecule has 0 saturated carbocycles. The molecular weight excluding hydrogens is 373 g/mol. The third-order valence-corrected chi connectivity index (χ3v) is 4.47. The molecule has 3 rings (SSSR count). The fourth-order valence-corrected chi connectivity index (χ4v) is 2.92. The van der Waals surface area contributed by atoms with Gasteiger partial charge in [-0.25, -0.2) is 4.98 Å². The third kappa shape index (κ3) is 3.44. The molecule has 0 saturated heterocycles. The van der Waals surface area contributed by atoms with Gasteiger partial charge >= 0.3 is 0 Å². The lowest BCUT2D eigenvalue weighted by atomic mass is 10.1. The number of imidazole rings is 1. The number of likely N-dealkylation sites (N-methyl/N-ethyl adjacent to an activating group) is 1. The number of hydrogen-bond acceptors (Lipinski definition) is 2. The Hall–Kier alpha value is -1.40. The summed E-state index contributed by atoms with van der Waals surface area (Å²) in [5.41, 5.74) is 3.61. The first-order valence-electron chi connectivity index (χ1n) is 7.08. The molecule has 3 aromatic rings. The topological polar surface area (TPSA) is 29.9 Å². The predicted octanol–water partition coefficient (Wildman–Crippen LogP) is 3.47. The summed E-state index contributed by atoms with van der Waals surface area (Å²) in [4.78, 5) is 4.46. The molecule has 0 aliphatic heterocycles. The van der Waals surface area contributed by atoms with Crippen LogP contribution < -0.4 is 5.32 Å². The molecule has 0 spiro atoms. The van der Waals surface area contributed by atoms with Crippen LogP contribution in [0.2, 0.25) is 0 Å². The first-order chi connectivity index (χ1) is 10.3. The maximum atomic E-state index is 4.46. The van der Waals surface area contributed by atoms with Crippen LogP contribution in [0, 0.1) is 3.57 Å². The number of fused-ring (bicyclic) bond motifs is 1. The molecule has 0 bridgehead atoms. The van der Waals surface area contributed by atoms with Crippen molar-refractivity contribution in [2.24, 2.45) is 0 Å². The molecule has 0 aliphatic rings. The Bertz CT molecular complexity index is 718. The molecule has 0 radical (unpaired) electrons. The lowest BCUT2D eigenvalue weighted by Gasteiger charge is -2.17. The van der Waals surface area contributed by atoms with Crippen LogP contribution in [-0.2, 0) is 13.0 Å². The van der Waals surface area contributed by atoms with E-state index < -0.39 is 0 Å². The highest BCUT2D eigenvalue weighted by Crippen LogP contribution is 2.14. The molecule has 4 heteroatoms. The molecule has 0 fully saturated rings. The Balaban J connectivity index is 1.76. The van der Waals surface area contributed by atoms with E-state index in [1.165, 1.54) is 14.7 Å². The average Bonchev–Trinajstić information content (AvgIpc) is 2.92. The molecule has 0 aliphatic carbocycles. The molecule has 1 heterocycles. The van der Waals surface area contributed by atoms with Gasteiger partial charge in [0.1, 0.15) is 0 Å². The highest BCUT2D eigenvalue weighted by Gasteiger charge is 2.10. The second-order valence-electron chi connectivity index (χ2n) is 5.20. The van der Waals surface area contributed by atoms with Crippen molar-refractivity contribution in [2.75, 3.05) is 7.05 Å². The number of nitrogens with zero attached hydrogens (tertiary/aromatic N) is 2. The summed E-state index contributed by atoms with van der Waals surface area (Å²) in [6, 6.07) is 17.4. The van der Waals surface area contributed by atoms with E-state index in [9.17, 15) is 0 Å². The normalized spacial score (nSPS) is 12.7. The number of nitrogens with one attached hydrogen (secondary N) is 1. The van der Waals surface area contributed by atoms with Crippen molar-refractivity contribution in [3.63, 3.8) is 0 Å². The summed E-state index contributed by atoms with van der Waals surface area (Å²) in [5, 5.41) is 3.42. The van der Waals surface area contributed by atoms with E-state index in [0.29, 0.717) is 6.04 Å². The zero-order valence-electron chi connectivity index (χ0n) is 12.0. The van der Waals surface area contributed by atoms with E-state index in [-0.39, 0.29) is 0 Å². The van der Waals surface area contributed by atoms with Crippen molar-refractivity contribution < 1.29 is 0 Å². The second-order valence-corrected chi connectivity index (χ2v) is 6.45. The summed E-state index contributed by atoms with van der Waals surface area (Å²) >= 11 is 2.34. The first-order valence-corrected chi connectivity index (χ1v) is 8.16. The van der Waals surface area contributed by atoms with Gasteiger partial charge in [-0.15, -0.1) is 0 Å². The van der Waals surface area contributed by atoms with E-state index >= 15 is 0 Å². The van der Waals surface area contributed by atoms with Crippen LogP contribution in [0.25, 0.3) is 11.0 Å². The van der Waals surface area contributed by atoms with Crippen LogP contribution in [-0.4, -0.2) is 22.6 Å². The number of para-hydroxylation sites is 2. The third-order valence-electron chi connectivity index (χ3n) is 3.75. The molecule has 1 unspecified atom stereocenters. The summed E-state index contributed by atoms with van der Waals surface area (Å²) < 4.78 is 3.50. The van der Waals surface area contributed by atoms with Crippen LogP contribution in [0.3, 0.4) is 0 Å². The van der Waals surface area contributed by atoms with Crippen molar-refractivity contribution >= 4 is 33.6 Å². The Morgan fingerprint density at radius 3 is 2.67 bits per heavy atom. The van der Waals surface area contributed by atoms with Gasteiger partial charge in [-0.2, -0.15) is 0 Å². The predicted molar refractivity (Wildman–Crippen MR) is 95.4 cm³/mol. The number of rotatable bonds is 5. The van der Waals surface area contributed by atoms with E-state index in [0.717, 1.165) is 18.5 Å². The quantitative estimate of drug-likeness (QED) is 0.676. The van der Waals surface area contributed by atoms with Gasteiger partial charge in [-0.1, -0.05) is 24.3 Å². The van der Waals surface area contributed by atoms with E-state index in [2.05, 4.69) is 79.9 Å². The Morgan fingerprint density at radius 2 is 1.90 bits per heavy atom. The van der Waals surface area contributed by atoms with Crippen molar-refractivity contribution in [3.05, 3.63) is 64.0 Å². The summed E-state index contributed by atoms with van der Waals surface area (Å²) in [6.07, 6.45) is 2.95. The standard InChI is InChI=1S/C17H18IN3/c1-19-15(10-13-6-8-14(18)9-7-13)11-21-12-20-16-4-2-3-5-17(16)21/h2-9,12,15,19H,10-11H2,1H3. The molecule has 2 aromatic carbocycles. The van der Waals surface area contributed by atoms with Gasteiger partial charge in [0.05, 0.1) is 17.4 Å². The van der Waals surface area contributed by atoms with Crippen LogP contribution in [0.5, 0.6) is 0 Å². The number of benzene rings is 2. The lowest BCUT2D eigenvalue weighted by Crippen LogP contribution is -2.32. The van der Waals surface area contributed by atoms with Crippen molar-refractivity contribution in [3.8, 4) is 0 Å². The van der Waals surface area contributed by atoms with Gasteiger partial charge < -0.3 is 9.88 Å². The highest BCUT2D eigenvalue weighted by molar-refractivity contribution is 14.1. The van der Waals surface area contributed by atoms with E-state index in [1.54, 1.807) is 0 Å². The summed E-state index contributed by atoms with van der Waals surface area (Å²) in [6.45, 7) is 0.920. The fraction of sp³-hybridized carbons (Fsp3) is 0.235. The zero-order valence-corrected chi connectivity index (χ0v) is 14.1. The van der Waals surface area contributed by atoms with Crippen molar-refractivity contribution in [1.82, 2.24) is 14.9 Å². The molecule has 108 valence electrons. The highest BCUT2D eigenvalue weighted by atomic mass is 127. The van der Waals surface area contributed by atoms with Gasteiger partial charge in [0.25, 0.3) is 0 Å². The fourth-order valence-electron chi connectivity index (χ4n) is 2.56. The number of halogens is 1. The average molecular weight is 391 g/mol. The van der Waals surface area contributed by atoms with Gasteiger partial charge in [-0.05, 0) is 65.9 Å². The maximum Gasteiger partial charge on any atom is 0.0958 e. The summed E-state index contributed by atoms with van der Waals surface area (Å²) in [7, 11) is 2.02. The Morgan fingerprint density at radius 1 is 1.14 bits per heavy atom. The molecule has 1 atom stereocenters. The minimum atomic E-state index is 0.391.